The van der Waals surface area contributed by atoms with Crippen molar-refractivity contribution in [3.63, 3.8) is 0 Å². The third kappa shape index (κ3) is 3.45. The molecule has 0 radical (unpaired) electrons. The summed E-state index contributed by atoms with van der Waals surface area (Å²) >= 11 is 0. The van der Waals surface area contributed by atoms with Gasteiger partial charge in [-0.25, -0.2) is 0 Å². The Kier molecular flexibility index (Phi) is 4.99. The van der Waals surface area contributed by atoms with E-state index in [1.165, 1.54) is 5.56 Å². The molecule has 4 heteroatoms. The lowest BCUT2D eigenvalue weighted by molar-refractivity contribution is -0.0267. The fourth-order valence-corrected chi connectivity index (χ4v) is 2.22. The Hall–Kier alpha value is -1.10. The lowest BCUT2D eigenvalue weighted by atomic mass is 10.1. The van der Waals surface area contributed by atoms with Crippen molar-refractivity contribution in [1.29, 1.82) is 0 Å². The molecule has 1 atom stereocenters. The second-order valence-electron chi connectivity index (χ2n) is 4.55. The van der Waals surface area contributed by atoms with E-state index in [1.54, 1.807) is 7.11 Å². The Labute approximate surface area is 108 Å². The molecule has 0 aliphatic carbocycles. The van der Waals surface area contributed by atoms with Crippen molar-refractivity contribution in [2.45, 2.75) is 12.5 Å². The van der Waals surface area contributed by atoms with Crippen LogP contribution >= 0.6 is 0 Å². The predicted octanol–water partition coefficient (Wildman–Crippen LogP) is 0.931. The van der Waals surface area contributed by atoms with Crippen molar-refractivity contribution in [3.05, 3.63) is 29.8 Å². The predicted molar refractivity (Wildman–Crippen MR) is 70.0 cm³/mol. The quantitative estimate of drug-likeness (QED) is 0.845. The summed E-state index contributed by atoms with van der Waals surface area (Å²) in [7, 11) is 1.68. The molecule has 1 aliphatic rings. The highest BCUT2D eigenvalue weighted by Crippen LogP contribution is 2.13. The zero-order chi connectivity index (χ0) is 12.8. The lowest BCUT2D eigenvalue weighted by Crippen LogP contribution is -2.48. The minimum atomic E-state index is 0.150. The number of aliphatic hydroxyl groups excluding tert-OH is 1. The molecule has 1 aliphatic heterocycles. The van der Waals surface area contributed by atoms with Gasteiger partial charge in [-0.1, -0.05) is 12.1 Å². The van der Waals surface area contributed by atoms with Crippen LogP contribution in [-0.2, 0) is 11.2 Å². The Bertz CT molecular complexity index is 353. The minimum absolute atomic E-state index is 0.150. The highest BCUT2D eigenvalue weighted by Gasteiger charge is 2.21. The summed E-state index contributed by atoms with van der Waals surface area (Å²) in [6.07, 6.45) is 0.987. The van der Waals surface area contributed by atoms with E-state index < -0.39 is 0 Å². The maximum Gasteiger partial charge on any atom is 0.118 e. The van der Waals surface area contributed by atoms with Gasteiger partial charge < -0.3 is 14.6 Å². The topological polar surface area (TPSA) is 41.9 Å². The molecular formula is C14H21NO3. The van der Waals surface area contributed by atoms with E-state index in [-0.39, 0.29) is 12.6 Å². The number of aliphatic hydroxyl groups is 1. The van der Waals surface area contributed by atoms with Crippen LogP contribution in [0.2, 0.25) is 0 Å². The molecule has 100 valence electrons. The molecule has 0 amide bonds. The molecule has 1 aromatic rings. The monoisotopic (exact) mass is 251 g/mol. The molecule has 1 unspecified atom stereocenters. The molecule has 0 bridgehead atoms. The molecule has 0 aromatic heterocycles. The summed E-state index contributed by atoms with van der Waals surface area (Å²) < 4.78 is 10.5. The molecule has 1 fully saturated rings. The number of nitrogens with zero attached hydrogens (tertiary/aromatic N) is 1. The molecule has 0 spiro atoms. The molecule has 18 heavy (non-hydrogen) atoms. The summed E-state index contributed by atoms with van der Waals surface area (Å²) in [6, 6.07) is 8.30. The van der Waals surface area contributed by atoms with Crippen LogP contribution in [0.1, 0.15) is 5.56 Å². The second kappa shape index (κ2) is 6.73. The van der Waals surface area contributed by atoms with Gasteiger partial charge in [0.2, 0.25) is 0 Å². The number of benzene rings is 1. The van der Waals surface area contributed by atoms with Crippen molar-refractivity contribution in [2.24, 2.45) is 0 Å². The molecule has 1 heterocycles. The first-order chi connectivity index (χ1) is 8.83. The zero-order valence-electron chi connectivity index (χ0n) is 10.8. The largest absolute Gasteiger partial charge is 0.497 e. The highest BCUT2D eigenvalue weighted by molar-refractivity contribution is 5.27. The minimum Gasteiger partial charge on any atom is -0.497 e. The first kappa shape index (κ1) is 13.3. The molecule has 1 aromatic carbocycles. The van der Waals surface area contributed by atoms with Crippen LogP contribution in [0.5, 0.6) is 5.75 Å². The van der Waals surface area contributed by atoms with Crippen molar-refractivity contribution >= 4 is 0 Å². The van der Waals surface area contributed by atoms with Crippen LogP contribution in [0, 0.1) is 0 Å². The Morgan fingerprint density at radius 1 is 1.39 bits per heavy atom. The van der Waals surface area contributed by atoms with Gasteiger partial charge in [-0.15, -0.1) is 0 Å². The maximum absolute atomic E-state index is 9.29. The normalized spacial score (nSPS) is 20.9. The third-order valence-electron chi connectivity index (χ3n) is 3.41. The molecular weight excluding hydrogens is 230 g/mol. The number of hydrogen-bond donors (Lipinski definition) is 1. The van der Waals surface area contributed by atoms with Crippen molar-refractivity contribution in [1.82, 2.24) is 4.90 Å². The van der Waals surface area contributed by atoms with Gasteiger partial charge in [-0.05, 0) is 24.1 Å². The number of rotatable bonds is 5. The van der Waals surface area contributed by atoms with E-state index in [4.69, 9.17) is 9.47 Å². The number of morpholine rings is 1. The first-order valence-electron chi connectivity index (χ1n) is 6.39. The molecule has 4 nitrogen and oxygen atoms in total. The van der Waals surface area contributed by atoms with Crippen LogP contribution in [0.25, 0.3) is 0 Å². The number of hydrogen-bond acceptors (Lipinski definition) is 4. The Balaban J connectivity index is 1.85. The van der Waals surface area contributed by atoms with Gasteiger partial charge in [-0.3, -0.25) is 4.90 Å². The summed E-state index contributed by atoms with van der Waals surface area (Å²) in [5.74, 6) is 0.887. The van der Waals surface area contributed by atoms with E-state index in [2.05, 4.69) is 17.0 Å². The van der Waals surface area contributed by atoms with Crippen LogP contribution < -0.4 is 4.74 Å². The van der Waals surface area contributed by atoms with Crippen LogP contribution in [0.4, 0.5) is 0 Å². The average molecular weight is 251 g/mol. The van der Waals surface area contributed by atoms with E-state index in [0.29, 0.717) is 6.61 Å². The summed E-state index contributed by atoms with van der Waals surface area (Å²) in [6.45, 7) is 3.43. The van der Waals surface area contributed by atoms with Crippen LogP contribution in [0.15, 0.2) is 24.3 Å². The van der Waals surface area contributed by atoms with Crippen LogP contribution in [-0.4, -0.2) is 56.1 Å². The molecule has 1 saturated heterocycles. The fourth-order valence-electron chi connectivity index (χ4n) is 2.22. The summed E-state index contributed by atoms with van der Waals surface area (Å²) in [4.78, 5) is 2.30. The summed E-state index contributed by atoms with van der Waals surface area (Å²) in [5, 5.41) is 9.29. The lowest BCUT2D eigenvalue weighted by Gasteiger charge is -2.34. The van der Waals surface area contributed by atoms with Gasteiger partial charge in [0, 0.05) is 13.1 Å². The van der Waals surface area contributed by atoms with Gasteiger partial charge in [0.05, 0.1) is 33.0 Å². The second-order valence-corrected chi connectivity index (χ2v) is 4.55. The highest BCUT2D eigenvalue weighted by atomic mass is 16.5. The number of methoxy groups -OCH3 is 1. The van der Waals surface area contributed by atoms with Gasteiger partial charge in [-0.2, -0.15) is 0 Å². The smallest absolute Gasteiger partial charge is 0.118 e. The Morgan fingerprint density at radius 2 is 2.17 bits per heavy atom. The SMILES string of the molecule is COc1ccc(CCN2CCOCC2CO)cc1. The van der Waals surface area contributed by atoms with E-state index in [0.717, 1.165) is 31.9 Å². The van der Waals surface area contributed by atoms with Crippen LogP contribution in [0.3, 0.4) is 0 Å². The third-order valence-corrected chi connectivity index (χ3v) is 3.41. The molecule has 0 saturated carbocycles. The maximum atomic E-state index is 9.29. The van der Waals surface area contributed by atoms with E-state index in [1.807, 2.05) is 12.1 Å². The first-order valence-corrected chi connectivity index (χ1v) is 6.39. The van der Waals surface area contributed by atoms with Crippen molar-refractivity contribution in [2.75, 3.05) is 40.0 Å². The zero-order valence-corrected chi connectivity index (χ0v) is 10.8. The Morgan fingerprint density at radius 3 is 2.83 bits per heavy atom. The average Bonchev–Trinajstić information content (AvgIpc) is 2.46. The van der Waals surface area contributed by atoms with Crippen molar-refractivity contribution < 1.29 is 14.6 Å². The van der Waals surface area contributed by atoms with Gasteiger partial charge >= 0.3 is 0 Å². The van der Waals surface area contributed by atoms with Gasteiger partial charge in [0.25, 0.3) is 0 Å². The number of ether oxygens (including phenoxy) is 2. The van der Waals surface area contributed by atoms with E-state index in [9.17, 15) is 5.11 Å². The van der Waals surface area contributed by atoms with E-state index >= 15 is 0 Å². The van der Waals surface area contributed by atoms with Gasteiger partial charge in [0.15, 0.2) is 0 Å². The fraction of sp³-hybridized carbons (Fsp3) is 0.571. The summed E-state index contributed by atoms with van der Waals surface area (Å²) in [5.41, 5.74) is 1.29. The standard InChI is InChI=1S/C14H21NO3/c1-17-14-4-2-12(3-5-14)6-7-15-8-9-18-11-13(15)10-16/h2-5,13,16H,6-11H2,1H3. The van der Waals surface area contributed by atoms with Crippen molar-refractivity contribution in [3.8, 4) is 5.75 Å². The van der Waals surface area contributed by atoms with Gasteiger partial charge in [0.1, 0.15) is 5.75 Å². The molecule has 1 N–H and O–H groups in total. The molecule has 2 rings (SSSR count).